The summed E-state index contributed by atoms with van der Waals surface area (Å²) in [4.78, 5) is 18.3. The fourth-order valence-electron chi connectivity index (χ4n) is 6.26. The summed E-state index contributed by atoms with van der Waals surface area (Å²) in [6, 6.07) is 17.1. The molecule has 3 atom stereocenters. The van der Waals surface area contributed by atoms with Crippen molar-refractivity contribution in [2.24, 2.45) is 5.92 Å². The minimum atomic E-state index is -0.283. The molecule has 6 rings (SSSR count). The molecule has 4 heterocycles. The Kier molecular flexibility index (Phi) is 4.27. The maximum Gasteiger partial charge on any atom is 0.243 e. The van der Waals surface area contributed by atoms with Crippen LogP contribution in [0.5, 0.6) is 11.5 Å². The SMILES string of the molecule is O=C1N(CCc2ccccc2)C[C@@H]2C[C@@H](c3ccc4c(c3)OCCO4)N3CCC[C@@]123. The minimum absolute atomic E-state index is 0.283. The maximum absolute atomic E-state index is 13.7. The van der Waals surface area contributed by atoms with Crippen LogP contribution in [0.3, 0.4) is 0 Å². The van der Waals surface area contributed by atoms with E-state index in [0.29, 0.717) is 31.1 Å². The molecule has 156 valence electrons. The van der Waals surface area contributed by atoms with Crippen LogP contribution in [0.4, 0.5) is 0 Å². The lowest BCUT2D eigenvalue weighted by Gasteiger charge is -2.34. The quantitative estimate of drug-likeness (QED) is 0.783. The molecule has 2 aromatic carbocycles. The molecular formula is C25H28N2O3. The van der Waals surface area contributed by atoms with Crippen LogP contribution in [0.15, 0.2) is 48.5 Å². The zero-order valence-electron chi connectivity index (χ0n) is 17.3. The van der Waals surface area contributed by atoms with Gasteiger partial charge in [0.1, 0.15) is 18.8 Å². The number of benzene rings is 2. The number of amides is 1. The van der Waals surface area contributed by atoms with E-state index in [2.05, 4.69) is 46.2 Å². The smallest absolute Gasteiger partial charge is 0.243 e. The normalized spacial score (nSPS) is 29.9. The van der Waals surface area contributed by atoms with E-state index in [1.807, 2.05) is 12.1 Å². The van der Waals surface area contributed by atoms with Gasteiger partial charge in [-0.25, -0.2) is 0 Å². The molecule has 30 heavy (non-hydrogen) atoms. The van der Waals surface area contributed by atoms with E-state index in [0.717, 1.165) is 56.8 Å². The molecule has 2 aromatic rings. The minimum Gasteiger partial charge on any atom is -0.486 e. The lowest BCUT2D eigenvalue weighted by atomic mass is 9.85. The van der Waals surface area contributed by atoms with Gasteiger partial charge in [-0.3, -0.25) is 9.69 Å². The highest BCUT2D eigenvalue weighted by Crippen LogP contribution is 2.56. The molecule has 0 saturated carbocycles. The van der Waals surface area contributed by atoms with Crippen LogP contribution < -0.4 is 9.47 Å². The van der Waals surface area contributed by atoms with E-state index in [4.69, 9.17) is 9.47 Å². The van der Waals surface area contributed by atoms with E-state index in [9.17, 15) is 4.79 Å². The van der Waals surface area contributed by atoms with Gasteiger partial charge in [-0.1, -0.05) is 36.4 Å². The Labute approximate surface area is 177 Å². The first kappa shape index (κ1) is 18.3. The Bertz CT molecular complexity index is 962. The molecule has 4 aliphatic heterocycles. The summed E-state index contributed by atoms with van der Waals surface area (Å²) in [5.74, 6) is 2.46. The van der Waals surface area contributed by atoms with Crippen molar-refractivity contribution < 1.29 is 14.3 Å². The molecule has 0 aliphatic carbocycles. The first-order valence-corrected chi connectivity index (χ1v) is 11.3. The summed E-state index contributed by atoms with van der Waals surface area (Å²) < 4.78 is 11.5. The van der Waals surface area contributed by atoms with E-state index < -0.39 is 0 Å². The highest BCUT2D eigenvalue weighted by molar-refractivity contribution is 5.90. The fraction of sp³-hybridized carbons (Fsp3) is 0.480. The van der Waals surface area contributed by atoms with Gasteiger partial charge in [0.05, 0.1) is 0 Å². The van der Waals surface area contributed by atoms with Gasteiger partial charge in [0.25, 0.3) is 0 Å². The Hall–Kier alpha value is -2.53. The number of ether oxygens (including phenoxy) is 2. The van der Waals surface area contributed by atoms with Gasteiger partial charge in [0, 0.05) is 25.0 Å². The monoisotopic (exact) mass is 404 g/mol. The molecule has 1 spiro atoms. The Morgan fingerprint density at radius 1 is 1.03 bits per heavy atom. The molecule has 5 heteroatoms. The van der Waals surface area contributed by atoms with E-state index in [1.165, 1.54) is 11.1 Å². The van der Waals surface area contributed by atoms with E-state index >= 15 is 0 Å². The van der Waals surface area contributed by atoms with Crippen LogP contribution >= 0.6 is 0 Å². The van der Waals surface area contributed by atoms with Gasteiger partial charge in [-0.05, 0) is 55.5 Å². The molecule has 0 bridgehead atoms. The van der Waals surface area contributed by atoms with Gasteiger partial charge in [0.2, 0.25) is 5.91 Å². The largest absolute Gasteiger partial charge is 0.486 e. The summed E-state index contributed by atoms with van der Waals surface area (Å²) in [5, 5.41) is 0. The zero-order valence-corrected chi connectivity index (χ0v) is 17.3. The highest BCUT2D eigenvalue weighted by atomic mass is 16.6. The van der Waals surface area contributed by atoms with Crippen LogP contribution in [0.25, 0.3) is 0 Å². The first-order chi connectivity index (χ1) is 14.8. The number of likely N-dealkylation sites (tertiary alicyclic amines) is 1. The van der Waals surface area contributed by atoms with Gasteiger partial charge in [0.15, 0.2) is 11.5 Å². The molecular weight excluding hydrogens is 376 g/mol. The van der Waals surface area contributed by atoms with E-state index in [-0.39, 0.29) is 5.54 Å². The number of hydrogen-bond acceptors (Lipinski definition) is 4. The molecule has 0 aromatic heterocycles. The third-order valence-corrected chi connectivity index (χ3v) is 7.59. The van der Waals surface area contributed by atoms with Crippen molar-refractivity contribution in [3.63, 3.8) is 0 Å². The number of carbonyl (C=O) groups is 1. The van der Waals surface area contributed by atoms with E-state index in [1.54, 1.807) is 0 Å². The standard InChI is InChI=1S/C25H28N2O3/c28-24-25-10-4-11-27(25)21(19-7-8-22-23(15-19)30-14-13-29-22)16-20(25)17-26(24)12-9-18-5-2-1-3-6-18/h1-3,5-8,15,20-21H,4,9-14,16-17H2/t20-,21-,25-/m0/s1. The highest BCUT2D eigenvalue weighted by Gasteiger charge is 2.65. The average Bonchev–Trinajstić information content (AvgIpc) is 3.43. The molecule has 4 aliphatic rings. The van der Waals surface area contributed by atoms with Crippen LogP contribution in [0.1, 0.15) is 36.4 Å². The van der Waals surface area contributed by atoms with Crippen molar-refractivity contribution in [2.45, 2.75) is 37.3 Å². The van der Waals surface area contributed by atoms with Crippen LogP contribution in [0, 0.1) is 5.92 Å². The third-order valence-electron chi connectivity index (χ3n) is 7.59. The maximum atomic E-state index is 13.7. The van der Waals surface area contributed by atoms with Crippen LogP contribution in [-0.4, -0.2) is 54.1 Å². The molecule has 0 radical (unpaired) electrons. The Morgan fingerprint density at radius 2 is 1.87 bits per heavy atom. The van der Waals surface area contributed by atoms with Crippen molar-refractivity contribution in [3.05, 3.63) is 59.7 Å². The molecule has 3 saturated heterocycles. The van der Waals surface area contributed by atoms with Crippen LogP contribution in [0.2, 0.25) is 0 Å². The number of hydrogen-bond donors (Lipinski definition) is 0. The van der Waals surface area contributed by atoms with Gasteiger partial charge >= 0.3 is 0 Å². The second kappa shape index (κ2) is 7.02. The van der Waals surface area contributed by atoms with Crippen molar-refractivity contribution in [1.29, 1.82) is 0 Å². The zero-order chi connectivity index (χ0) is 20.1. The molecule has 5 nitrogen and oxygen atoms in total. The predicted molar refractivity (Wildman–Crippen MR) is 114 cm³/mol. The summed E-state index contributed by atoms with van der Waals surface area (Å²) in [5.41, 5.74) is 2.28. The summed E-state index contributed by atoms with van der Waals surface area (Å²) in [6.45, 7) is 3.94. The number of carbonyl (C=O) groups excluding carboxylic acids is 1. The first-order valence-electron chi connectivity index (χ1n) is 11.3. The second-order valence-electron chi connectivity index (χ2n) is 9.06. The lowest BCUT2D eigenvalue weighted by molar-refractivity contribution is -0.136. The molecule has 1 amide bonds. The number of nitrogens with zero attached hydrogens (tertiary/aromatic N) is 2. The second-order valence-corrected chi connectivity index (χ2v) is 9.06. The summed E-state index contributed by atoms with van der Waals surface area (Å²) in [7, 11) is 0. The van der Waals surface area contributed by atoms with Crippen LogP contribution in [-0.2, 0) is 11.2 Å². The average molecular weight is 405 g/mol. The molecule has 0 N–H and O–H groups in total. The lowest BCUT2D eigenvalue weighted by Crippen LogP contribution is -2.49. The molecule has 3 fully saturated rings. The van der Waals surface area contributed by atoms with Crippen molar-refractivity contribution in [1.82, 2.24) is 9.80 Å². The van der Waals surface area contributed by atoms with Crippen molar-refractivity contribution >= 4 is 5.91 Å². The fourth-order valence-corrected chi connectivity index (χ4v) is 6.26. The third kappa shape index (κ3) is 2.68. The predicted octanol–water partition coefficient (Wildman–Crippen LogP) is 3.44. The van der Waals surface area contributed by atoms with Gasteiger partial charge in [-0.2, -0.15) is 0 Å². The molecule has 0 unspecified atom stereocenters. The number of fused-ring (bicyclic) bond motifs is 1. The van der Waals surface area contributed by atoms with Gasteiger partial charge < -0.3 is 14.4 Å². The summed E-state index contributed by atoms with van der Waals surface area (Å²) >= 11 is 0. The Balaban J connectivity index is 1.23. The van der Waals surface area contributed by atoms with Gasteiger partial charge in [-0.15, -0.1) is 0 Å². The Morgan fingerprint density at radius 3 is 2.73 bits per heavy atom. The number of rotatable bonds is 4. The summed E-state index contributed by atoms with van der Waals surface area (Å²) in [6.07, 6.45) is 4.09. The van der Waals surface area contributed by atoms with Crippen molar-refractivity contribution in [2.75, 3.05) is 32.8 Å². The topological polar surface area (TPSA) is 42.0 Å². The van der Waals surface area contributed by atoms with Crippen molar-refractivity contribution in [3.8, 4) is 11.5 Å².